The molecule has 5 heavy (non-hydrogen) atoms. The molecule has 1 aromatic rings. The van der Waals surface area contributed by atoms with Crippen molar-refractivity contribution in [3.63, 3.8) is 0 Å². The lowest BCUT2D eigenvalue weighted by molar-refractivity contribution is 0.936. The van der Waals surface area contributed by atoms with Crippen LogP contribution < -0.4 is 0 Å². The summed E-state index contributed by atoms with van der Waals surface area (Å²) >= 11 is 0. The number of H-pyrrole nitrogens is 1. The lowest BCUT2D eigenvalue weighted by Crippen LogP contribution is -1.62. The van der Waals surface area contributed by atoms with Gasteiger partial charge in [0.1, 0.15) is 12.4 Å². The number of hydrogen-bond donors (Lipinski definition) is 1. The van der Waals surface area contributed by atoms with Crippen molar-refractivity contribution in [3.8, 4) is 0 Å². The van der Waals surface area contributed by atoms with Crippen molar-refractivity contribution >= 4 is 0 Å². The predicted molar refractivity (Wildman–Crippen MR) is 14.1 cm³/mol. The van der Waals surface area contributed by atoms with Gasteiger partial charge in [-0.25, -0.2) is 0 Å². The van der Waals surface area contributed by atoms with Crippen LogP contribution in [0.5, 0.6) is 0 Å². The summed E-state index contributed by atoms with van der Waals surface area (Å²) in [6.45, 7) is 0. The zero-order chi connectivity index (χ0) is 3.54. The Hall–Kier alpha value is -0.860. The van der Waals surface area contributed by atoms with Gasteiger partial charge in [0.2, 0.25) is 0 Å². The highest BCUT2D eigenvalue weighted by atomic mass is 15.3. The van der Waals surface area contributed by atoms with Crippen molar-refractivity contribution in [1.29, 1.82) is 0 Å². The van der Waals surface area contributed by atoms with Crippen LogP contribution in [0, 0.1) is 12.4 Å². The van der Waals surface area contributed by atoms with E-state index in [-0.39, 0.29) is 0 Å². The summed E-state index contributed by atoms with van der Waals surface area (Å²) in [5.74, 6) is 0. The Morgan fingerprint density at radius 3 is 2.80 bits per heavy atom. The standard InChI is InChI=1S/C2HN3/c1-2-4-5-3-1/h(H,3,4,5). The molecule has 1 N–H and O–H groups in total. The lowest BCUT2D eigenvalue weighted by atomic mass is 11.0. The molecule has 0 amide bonds. The van der Waals surface area contributed by atoms with E-state index >= 15 is 0 Å². The highest BCUT2D eigenvalue weighted by Gasteiger charge is 1.61. The largest absolute Gasteiger partial charge is 0.255 e. The van der Waals surface area contributed by atoms with Crippen LogP contribution in [0.2, 0.25) is 0 Å². The van der Waals surface area contributed by atoms with Crippen LogP contribution in [-0.4, -0.2) is 15.4 Å². The maximum Gasteiger partial charge on any atom is 0.145 e. The number of nitrogens with zero attached hydrogens (tertiary/aromatic N) is 2. The summed E-state index contributed by atoms with van der Waals surface area (Å²) in [6.07, 6.45) is 4.71. The van der Waals surface area contributed by atoms with Gasteiger partial charge in [0.25, 0.3) is 0 Å². The maximum atomic E-state index is 3.24. The second-order valence-electron chi connectivity index (χ2n) is 0.549. The van der Waals surface area contributed by atoms with Gasteiger partial charge >= 0.3 is 0 Å². The molecule has 24 valence electrons. The van der Waals surface area contributed by atoms with Crippen LogP contribution in [0.15, 0.2) is 0 Å². The minimum Gasteiger partial charge on any atom is -0.255 e. The van der Waals surface area contributed by atoms with Crippen molar-refractivity contribution in [2.45, 2.75) is 0 Å². The fraction of sp³-hybridized carbons (Fsp3) is 0. The smallest absolute Gasteiger partial charge is 0.145 e. The summed E-state index contributed by atoms with van der Waals surface area (Å²) in [7, 11) is 0. The van der Waals surface area contributed by atoms with Crippen LogP contribution in [-0.2, 0) is 0 Å². The molecule has 2 radical (unpaired) electrons. The Labute approximate surface area is 29.0 Å². The van der Waals surface area contributed by atoms with Crippen molar-refractivity contribution in [2.24, 2.45) is 0 Å². The molecule has 3 heteroatoms. The second kappa shape index (κ2) is 0.839. The van der Waals surface area contributed by atoms with E-state index in [0.29, 0.717) is 0 Å². The summed E-state index contributed by atoms with van der Waals surface area (Å²) in [4.78, 5) is 0. The fourth-order valence-corrected chi connectivity index (χ4v) is 0.125. The van der Waals surface area contributed by atoms with E-state index < -0.39 is 0 Å². The molecule has 0 aliphatic rings. The van der Waals surface area contributed by atoms with Crippen LogP contribution in [0.4, 0.5) is 0 Å². The third-order valence-electron chi connectivity index (χ3n) is 0.262. The van der Waals surface area contributed by atoms with E-state index in [4.69, 9.17) is 0 Å². The summed E-state index contributed by atoms with van der Waals surface area (Å²) in [6, 6.07) is 0. The number of nitrogens with one attached hydrogen (secondary N) is 1. The molecule has 1 aromatic heterocycles. The molecule has 0 saturated carbocycles. The molecule has 3 nitrogen and oxygen atoms in total. The van der Waals surface area contributed by atoms with Gasteiger partial charge in [0.15, 0.2) is 0 Å². The molecule has 0 bridgehead atoms. The quantitative estimate of drug-likeness (QED) is 0.440. The van der Waals surface area contributed by atoms with Gasteiger partial charge in [-0.2, -0.15) is 0 Å². The minimum atomic E-state index is 2.32. The van der Waals surface area contributed by atoms with E-state index in [1.165, 1.54) is 0 Å². The van der Waals surface area contributed by atoms with Crippen LogP contribution in [0.3, 0.4) is 0 Å². The highest BCUT2D eigenvalue weighted by Crippen LogP contribution is 1.51. The van der Waals surface area contributed by atoms with Crippen molar-refractivity contribution in [1.82, 2.24) is 15.4 Å². The third-order valence-corrected chi connectivity index (χ3v) is 0.262. The van der Waals surface area contributed by atoms with Gasteiger partial charge in [-0.05, 0) is 0 Å². The Kier molecular flexibility index (Phi) is 0.400. The first-order valence-corrected chi connectivity index (χ1v) is 1.15. The Morgan fingerprint density at radius 2 is 2.60 bits per heavy atom. The molecule has 0 unspecified atom stereocenters. The van der Waals surface area contributed by atoms with E-state index in [2.05, 4.69) is 27.8 Å². The molecule has 0 atom stereocenters. The SMILES string of the molecule is [c]1[c][nH]nn1. The molecular weight excluding hydrogens is 66.0 g/mol. The molecule has 1 heterocycles. The Morgan fingerprint density at radius 1 is 1.60 bits per heavy atom. The Balaban J connectivity index is 3.13. The Bertz CT molecular complexity index is 61.4. The second-order valence-corrected chi connectivity index (χ2v) is 0.549. The molecule has 0 fully saturated rings. The van der Waals surface area contributed by atoms with Crippen molar-refractivity contribution in [3.05, 3.63) is 12.4 Å². The number of aromatic nitrogens is 3. The van der Waals surface area contributed by atoms with E-state index in [9.17, 15) is 0 Å². The van der Waals surface area contributed by atoms with Crippen LogP contribution in [0.1, 0.15) is 0 Å². The normalized spacial score (nSPS) is 8.00. The van der Waals surface area contributed by atoms with E-state index in [1.54, 1.807) is 0 Å². The molecule has 0 aromatic carbocycles. The molecule has 0 aliphatic carbocycles. The average molecular weight is 67.1 g/mol. The first-order valence-electron chi connectivity index (χ1n) is 1.15. The van der Waals surface area contributed by atoms with Gasteiger partial charge in [-0.15, -0.1) is 5.10 Å². The number of aromatic amines is 1. The summed E-state index contributed by atoms with van der Waals surface area (Å²) in [5, 5.41) is 8.79. The molecule has 0 saturated heterocycles. The molecule has 0 spiro atoms. The lowest BCUT2D eigenvalue weighted by Gasteiger charge is -1.45. The van der Waals surface area contributed by atoms with Gasteiger partial charge in [0, 0.05) is 0 Å². The van der Waals surface area contributed by atoms with Gasteiger partial charge in [0.05, 0.1) is 0 Å². The zero-order valence-corrected chi connectivity index (χ0v) is 2.39. The number of hydrogen-bond acceptors (Lipinski definition) is 2. The average Bonchev–Trinajstić information content (AvgIpc) is 1.76. The number of rotatable bonds is 0. The highest BCUT2D eigenvalue weighted by molar-refractivity contribution is 4.46. The molecule has 1 rings (SSSR count). The summed E-state index contributed by atoms with van der Waals surface area (Å²) in [5.41, 5.74) is 0. The first-order chi connectivity index (χ1) is 2.50. The van der Waals surface area contributed by atoms with Gasteiger partial charge in [-0.1, -0.05) is 5.21 Å². The third kappa shape index (κ3) is 0.238. The summed E-state index contributed by atoms with van der Waals surface area (Å²) < 4.78 is 0. The van der Waals surface area contributed by atoms with Gasteiger partial charge < -0.3 is 0 Å². The topological polar surface area (TPSA) is 41.6 Å². The van der Waals surface area contributed by atoms with Crippen LogP contribution >= 0.6 is 0 Å². The van der Waals surface area contributed by atoms with Crippen LogP contribution in [0.25, 0.3) is 0 Å². The maximum absolute atomic E-state index is 3.24. The van der Waals surface area contributed by atoms with E-state index in [0.717, 1.165) is 0 Å². The zero-order valence-electron chi connectivity index (χ0n) is 2.39. The van der Waals surface area contributed by atoms with E-state index in [1.807, 2.05) is 0 Å². The van der Waals surface area contributed by atoms with Crippen molar-refractivity contribution in [2.75, 3.05) is 0 Å². The predicted octanol–water partition coefficient (Wildman–Crippen LogP) is -0.595. The van der Waals surface area contributed by atoms with Crippen molar-refractivity contribution < 1.29 is 0 Å². The van der Waals surface area contributed by atoms with Gasteiger partial charge in [-0.3, -0.25) is 5.10 Å². The molecule has 0 aliphatic heterocycles. The fourth-order valence-electron chi connectivity index (χ4n) is 0.125. The molecular formula is C2HN3. The monoisotopic (exact) mass is 67.0 g/mol. The first kappa shape index (κ1) is 2.38. The minimum absolute atomic E-state index is 2.32.